The average Bonchev–Trinajstić information content (AvgIpc) is 2.99. The number of carboxylic acid groups (broad SMARTS) is 1. The van der Waals surface area contributed by atoms with Crippen LogP contribution >= 0.6 is 11.3 Å². The Morgan fingerprint density at radius 3 is 3.00 bits per heavy atom. The minimum absolute atomic E-state index is 0.0164. The van der Waals surface area contributed by atoms with Gasteiger partial charge in [0.25, 0.3) is 5.89 Å². The smallest absolute Gasteiger partial charge is 0.303 e. The lowest BCUT2D eigenvalue weighted by atomic mass is 10.1. The van der Waals surface area contributed by atoms with E-state index < -0.39 is 5.97 Å². The molecule has 0 aliphatic heterocycles. The van der Waals surface area contributed by atoms with Gasteiger partial charge in [0.05, 0.1) is 11.3 Å². The zero-order chi connectivity index (χ0) is 13.9. The Bertz CT molecular complexity index is 594. The van der Waals surface area contributed by atoms with Gasteiger partial charge in [-0.2, -0.15) is 0 Å². The molecule has 1 aliphatic rings. The Labute approximate surface area is 120 Å². The maximum absolute atomic E-state index is 10.5. The molecule has 1 aliphatic carbocycles. The van der Waals surface area contributed by atoms with E-state index in [-0.39, 0.29) is 12.8 Å². The topological polar surface area (TPSA) is 76.2 Å². The monoisotopic (exact) mass is 292 g/mol. The van der Waals surface area contributed by atoms with Gasteiger partial charge in [0.15, 0.2) is 0 Å². The SMILES string of the molecule is O=C(O)CCc1nnc(-c2cc3c(s2)CCCCC3)o1. The van der Waals surface area contributed by atoms with Gasteiger partial charge >= 0.3 is 5.97 Å². The molecule has 0 amide bonds. The molecule has 6 heteroatoms. The second kappa shape index (κ2) is 5.75. The molecule has 0 unspecified atom stereocenters. The molecule has 106 valence electrons. The van der Waals surface area contributed by atoms with E-state index in [2.05, 4.69) is 16.3 Å². The number of hydrogen-bond donors (Lipinski definition) is 1. The first-order valence-electron chi connectivity index (χ1n) is 6.88. The second-order valence-electron chi connectivity index (χ2n) is 5.01. The third-order valence-electron chi connectivity index (χ3n) is 3.48. The van der Waals surface area contributed by atoms with Crippen LogP contribution in [0.4, 0.5) is 0 Å². The third kappa shape index (κ3) is 2.90. The minimum Gasteiger partial charge on any atom is -0.481 e. The van der Waals surface area contributed by atoms with Crippen molar-refractivity contribution in [2.24, 2.45) is 0 Å². The Morgan fingerprint density at radius 1 is 1.30 bits per heavy atom. The van der Waals surface area contributed by atoms with Gasteiger partial charge in [0, 0.05) is 11.3 Å². The quantitative estimate of drug-likeness (QED) is 0.876. The fourth-order valence-electron chi connectivity index (χ4n) is 2.44. The van der Waals surface area contributed by atoms with E-state index in [1.165, 1.54) is 29.7 Å². The second-order valence-corrected chi connectivity index (χ2v) is 6.15. The summed E-state index contributed by atoms with van der Waals surface area (Å²) in [4.78, 5) is 13.0. The normalized spacial score (nSPS) is 14.8. The molecule has 0 bridgehead atoms. The number of aliphatic carboxylic acids is 1. The first-order valence-corrected chi connectivity index (χ1v) is 7.70. The molecular weight excluding hydrogens is 276 g/mol. The minimum atomic E-state index is -0.854. The van der Waals surface area contributed by atoms with Gasteiger partial charge in [-0.25, -0.2) is 0 Å². The number of hydrogen-bond acceptors (Lipinski definition) is 5. The first kappa shape index (κ1) is 13.3. The molecule has 3 rings (SSSR count). The van der Waals surface area contributed by atoms with Crippen LogP contribution in [0, 0.1) is 0 Å². The molecule has 1 N–H and O–H groups in total. The van der Waals surface area contributed by atoms with Crippen molar-refractivity contribution in [3.8, 4) is 10.8 Å². The lowest BCUT2D eigenvalue weighted by Gasteiger charge is -1.92. The van der Waals surface area contributed by atoms with E-state index in [1.807, 2.05) is 0 Å². The number of thiophene rings is 1. The molecule has 0 saturated carbocycles. The molecule has 0 spiro atoms. The number of carbonyl (C=O) groups is 1. The summed E-state index contributed by atoms with van der Waals surface area (Å²) in [5, 5.41) is 16.6. The highest BCUT2D eigenvalue weighted by molar-refractivity contribution is 7.15. The summed E-state index contributed by atoms with van der Waals surface area (Å²) in [6.45, 7) is 0. The molecule has 5 nitrogen and oxygen atoms in total. The number of aryl methyl sites for hydroxylation is 3. The van der Waals surface area contributed by atoms with E-state index in [9.17, 15) is 4.79 Å². The molecule has 2 aromatic heterocycles. The van der Waals surface area contributed by atoms with Crippen LogP contribution in [0.15, 0.2) is 10.5 Å². The fourth-order valence-corrected chi connectivity index (χ4v) is 3.62. The Morgan fingerprint density at radius 2 is 2.15 bits per heavy atom. The van der Waals surface area contributed by atoms with Crippen molar-refractivity contribution >= 4 is 17.3 Å². The molecule has 0 radical (unpaired) electrons. The molecule has 0 fully saturated rings. The molecular formula is C14H16N2O3S. The van der Waals surface area contributed by atoms with E-state index >= 15 is 0 Å². The molecule has 0 aromatic carbocycles. The fraction of sp³-hybridized carbons (Fsp3) is 0.500. The zero-order valence-corrected chi connectivity index (χ0v) is 11.9. The van der Waals surface area contributed by atoms with Gasteiger partial charge in [-0.05, 0) is 37.3 Å². The van der Waals surface area contributed by atoms with Crippen molar-refractivity contribution in [2.45, 2.75) is 44.9 Å². The predicted octanol–water partition coefficient (Wildman–Crippen LogP) is 3.08. The molecule has 2 aromatic rings. The summed E-state index contributed by atoms with van der Waals surface area (Å²) in [5.41, 5.74) is 1.41. The summed E-state index contributed by atoms with van der Waals surface area (Å²) in [6, 6.07) is 2.15. The Balaban J connectivity index is 1.77. The van der Waals surface area contributed by atoms with Crippen LogP contribution in [0.3, 0.4) is 0 Å². The van der Waals surface area contributed by atoms with E-state index in [0.717, 1.165) is 17.7 Å². The van der Waals surface area contributed by atoms with Crippen molar-refractivity contribution < 1.29 is 14.3 Å². The molecule has 0 saturated heterocycles. The Kier molecular flexibility index (Phi) is 3.82. The van der Waals surface area contributed by atoms with E-state index in [4.69, 9.17) is 9.52 Å². The average molecular weight is 292 g/mol. The van der Waals surface area contributed by atoms with Crippen LogP contribution in [0.25, 0.3) is 10.8 Å². The first-order chi connectivity index (χ1) is 9.72. The van der Waals surface area contributed by atoms with Crippen LogP contribution in [-0.4, -0.2) is 21.3 Å². The summed E-state index contributed by atoms with van der Waals surface area (Å²) in [6.07, 6.45) is 6.37. The van der Waals surface area contributed by atoms with E-state index in [0.29, 0.717) is 11.8 Å². The maximum atomic E-state index is 10.5. The van der Waals surface area contributed by atoms with E-state index in [1.54, 1.807) is 11.3 Å². The highest BCUT2D eigenvalue weighted by Gasteiger charge is 2.17. The standard InChI is InChI=1S/C14H16N2O3S/c17-13(18)7-6-12-15-16-14(19-12)11-8-9-4-2-1-3-5-10(9)20-11/h8H,1-7H2,(H,17,18). The zero-order valence-electron chi connectivity index (χ0n) is 11.1. The van der Waals surface area contributed by atoms with Gasteiger partial charge in [-0.15, -0.1) is 21.5 Å². The highest BCUT2D eigenvalue weighted by atomic mass is 32.1. The number of carboxylic acids is 1. The summed E-state index contributed by atoms with van der Waals surface area (Å²) >= 11 is 1.73. The summed E-state index contributed by atoms with van der Waals surface area (Å²) in [7, 11) is 0. The third-order valence-corrected chi connectivity index (χ3v) is 4.70. The van der Waals surface area contributed by atoms with Crippen molar-refractivity contribution in [2.75, 3.05) is 0 Å². The van der Waals surface area contributed by atoms with Gasteiger partial charge < -0.3 is 9.52 Å². The van der Waals surface area contributed by atoms with Crippen molar-refractivity contribution in [1.82, 2.24) is 10.2 Å². The lowest BCUT2D eigenvalue weighted by molar-refractivity contribution is -0.137. The van der Waals surface area contributed by atoms with Crippen LogP contribution < -0.4 is 0 Å². The van der Waals surface area contributed by atoms with Gasteiger partial charge in [-0.3, -0.25) is 4.79 Å². The van der Waals surface area contributed by atoms with Crippen LogP contribution in [0.2, 0.25) is 0 Å². The van der Waals surface area contributed by atoms with Gasteiger partial charge in [-0.1, -0.05) is 6.42 Å². The van der Waals surface area contributed by atoms with Crippen molar-refractivity contribution in [3.63, 3.8) is 0 Å². The number of aromatic nitrogens is 2. The highest BCUT2D eigenvalue weighted by Crippen LogP contribution is 2.34. The maximum Gasteiger partial charge on any atom is 0.303 e. The van der Waals surface area contributed by atoms with Crippen LogP contribution in [0.1, 0.15) is 42.0 Å². The van der Waals surface area contributed by atoms with Gasteiger partial charge in [0.2, 0.25) is 5.89 Å². The van der Waals surface area contributed by atoms with Crippen molar-refractivity contribution in [3.05, 3.63) is 22.4 Å². The number of fused-ring (bicyclic) bond motifs is 1. The van der Waals surface area contributed by atoms with Crippen molar-refractivity contribution in [1.29, 1.82) is 0 Å². The molecule has 2 heterocycles. The predicted molar refractivity (Wildman–Crippen MR) is 74.8 cm³/mol. The summed E-state index contributed by atoms with van der Waals surface area (Å²) < 4.78 is 5.55. The molecule has 20 heavy (non-hydrogen) atoms. The van der Waals surface area contributed by atoms with Gasteiger partial charge in [0.1, 0.15) is 0 Å². The van der Waals surface area contributed by atoms with Crippen LogP contribution in [-0.2, 0) is 24.1 Å². The Hall–Kier alpha value is -1.69. The summed E-state index contributed by atoms with van der Waals surface area (Å²) in [5.74, 6) is 0.0574. The number of rotatable bonds is 4. The largest absolute Gasteiger partial charge is 0.481 e. The number of nitrogens with zero attached hydrogens (tertiary/aromatic N) is 2. The molecule has 0 atom stereocenters. The van der Waals surface area contributed by atoms with Crippen LogP contribution in [0.5, 0.6) is 0 Å². The lowest BCUT2D eigenvalue weighted by Crippen LogP contribution is -1.97.